The zero-order valence-electron chi connectivity index (χ0n) is 16.6. The minimum absolute atomic E-state index is 0.00812. The summed E-state index contributed by atoms with van der Waals surface area (Å²) in [4.78, 5) is 24.6. The van der Waals surface area contributed by atoms with E-state index in [1.54, 1.807) is 32.9 Å². The van der Waals surface area contributed by atoms with Crippen LogP contribution in [0.4, 0.5) is 9.18 Å². The number of carbonyl (C=O) groups is 2. The molecule has 0 aliphatic carbocycles. The predicted octanol–water partition coefficient (Wildman–Crippen LogP) is 4.59. The van der Waals surface area contributed by atoms with E-state index in [-0.39, 0.29) is 23.4 Å². The highest BCUT2D eigenvalue weighted by atomic mass is 35.5. The molecule has 0 aliphatic rings. The number of carbonyl (C=O) groups excluding carboxylic acids is 2. The van der Waals surface area contributed by atoms with Crippen molar-refractivity contribution in [2.24, 2.45) is 0 Å². The molecule has 0 saturated carbocycles. The van der Waals surface area contributed by atoms with Crippen LogP contribution in [0.2, 0.25) is 5.02 Å². The van der Waals surface area contributed by atoms with Gasteiger partial charge in [0.2, 0.25) is 5.78 Å². The highest BCUT2D eigenvalue weighted by Crippen LogP contribution is 2.27. The van der Waals surface area contributed by atoms with Crippen molar-refractivity contribution in [3.05, 3.63) is 63.9 Å². The van der Waals surface area contributed by atoms with Crippen molar-refractivity contribution in [2.75, 3.05) is 13.7 Å². The van der Waals surface area contributed by atoms with Crippen LogP contribution in [0.5, 0.6) is 5.75 Å². The van der Waals surface area contributed by atoms with E-state index < -0.39 is 23.3 Å². The molecule has 0 radical (unpaired) electrons. The SMILES string of the molecule is COc1cccc(F)c1C(=O)c1cc(Cl)ccc1C#CCNC(=O)OC(C)(C)C. The van der Waals surface area contributed by atoms with E-state index in [0.717, 1.165) is 0 Å². The molecule has 0 fully saturated rings. The van der Waals surface area contributed by atoms with Crippen LogP contribution in [-0.4, -0.2) is 31.1 Å². The van der Waals surface area contributed by atoms with Crippen molar-refractivity contribution in [3.63, 3.8) is 0 Å². The first-order chi connectivity index (χ1) is 13.6. The molecule has 1 N–H and O–H groups in total. The molecule has 2 aromatic carbocycles. The molecular formula is C22H21ClFNO4. The number of methoxy groups -OCH3 is 1. The van der Waals surface area contributed by atoms with E-state index in [9.17, 15) is 14.0 Å². The topological polar surface area (TPSA) is 64.6 Å². The largest absolute Gasteiger partial charge is 0.496 e. The molecule has 0 saturated heterocycles. The third-order valence-corrected chi connectivity index (χ3v) is 3.83. The Kier molecular flexibility index (Phi) is 7.24. The highest BCUT2D eigenvalue weighted by Gasteiger charge is 2.21. The summed E-state index contributed by atoms with van der Waals surface area (Å²) in [6, 6.07) is 8.67. The van der Waals surface area contributed by atoms with Crippen LogP contribution in [0, 0.1) is 17.7 Å². The lowest BCUT2D eigenvalue weighted by Gasteiger charge is -2.19. The lowest BCUT2D eigenvalue weighted by Crippen LogP contribution is -2.32. The summed E-state index contributed by atoms with van der Waals surface area (Å²) in [5.41, 5.74) is -0.347. The lowest BCUT2D eigenvalue weighted by atomic mass is 9.97. The Morgan fingerprint density at radius 3 is 2.59 bits per heavy atom. The molecule has 152 valence electrons. The number of halogens is 2. The van der Waals surface area contributed by atoms with Gasteiger partial charge in [-0.2, -0.15) is 0 Å². The van der Waals surface area contributed by atoms with Crippen LogP contribution in [-0.2, 0) is 4.74 Å². The summed E-state index contributed by atoms with van der Waals surface area (Å²) in [6.07, 6.45) is -0.602. The molecule has 0 bridgehead atoms. The maximum absolute atomic E-state index is 14.3. The van der Waals surface area contributed by atoms with Gasteiger partial charge in [-0.05, 0) is 51.1 Å². The van der Waals surface area contributed by atoms with Gasteiger partial charge in [-0.3, -0.25) is 4.79 Å². The number of hydrogen-bond donors (Lipinski definition) is 1. The molecule has 5 nitrogen and oxygen atoms in total. The van der Waals surface area contributed by atoms with Gasteiger partial charge in [0.25, 0.3) is 0 Å². The van der Waals surface area contributed by atoms with E-state index in [4.69, 9.17) is 21.1 Å². The van der Waals surface area contributed by atoms with E-state index >= 15 is 0 Å². The van der Waals surface area contributed by atoms with Crippen LogP contribution in [0.15, 0.2) is 36.4 Å². The van der Waals surface area contributed by atoms with Crippen LogP contribution in [0.1, 0.15) is 42.3 Å². The summed E-state index contributed by atoms with van der Waals surface area (Å²) in [7, 11) is 1.35. The molecular weight excluding hydrogens is 397 g/mol. The van der Waals surface area contributed by atoms with Gasteiger partial charge in [0.1, 0.15) is 22.7 Å². The third-order valence-electron chi connectivity index (χ3n) is 3.59. The molecule has 0 atom stereocenters. The number of rotatable bonds is 4. The molecule has 0 aliphatic heterocycles. The monoisotopic (exact) mass is 417 g/mol. The highest BCUT2D eigenvalue weighted by molar-refractivity contribution is 6.31. The van der Waals surface area contributed by atoms with Crippen molar-refractivity contribution in [3.8, 4) is 17.6 Å². The van der Waals surface area contributed by atoms with E-state index in [0.29, 0.717) is 10.6 Å². The van der Waals surface area contributed by atoms with E-state index in [1.807, 2.05) is 0 Å². The zero-order chi connectivity index (χ0) is 21.6. The van der Waals surface area contributed by atoms with Gasteiger partial charge in [0, 0.05) is 16.1 Å². The molecule has 29 heavy (non-hydrogen) atoms. The fourth-order valence-corrected chi connectivity index (χ4v) is 2.58. The Morgan fingerprint density at radius 2 is 1.93 bits per heavy atom. The second-order valence-corrected chi connectivity index (χ2v) is 7.43. The average molecular weight is 418 g/mol. The Balaban J connectivity index is 2.28. The van der Waals surface area contributed by atoms with Crippen molar-refractivity contribution >= 4 is 23.5 Å². The van der Waals surface area contributed by atoms with Gasteiger partial charge < -0.3 is 14.8 Å². The maximum Gasteiger partial charge on any atom is 0.408 e. The Bertz CT molecular complexity index is 987. The van der Waals surface area contributed by atoms with Crippen molar-refractivity contribution in [1.29, 1.82) is 0 Å². The van der Waals surface area contributed by atoms with Gasteiger partial charge in [0.05, 0.1) is 13.7 Å². The second kappa shape index (κ2) is 9.44. The number of ether oxygens (including phenoxy) is 2. The van der Waals surface area contributed by atoms with Crippen molar-refractivity contribution < 1.29 is 23.5 Å². The van der Waals surface area contributed by atoms with Crippen LogP contribution in [0.25, 0.3) is 0 Å². The lowest BCUT2D eigenvalue weighted by molar-refractivity contribution is 0.0535. The Hall–Kier alpha value is -3.04. The van der Waals surface area contributed by atoms with Gasteiger partial charge in [-0.1, -0.05) is 29.5 Å². The average Bonchev–Trinajstić information content (AvgIpc) is 2.64. The van der Waals surface area contributed by atoms with Gasteiger partial charge in [-0.25, -0.2) is 9.18 Å². The van der Waals surface area contributed by atoms with Gasteiger partial charge in [-0.15, -0.1) is 0 Å². The molecule has 2 aromatic rings. The first-order valence-electron chi connectivity index (χ1n) is 8.75. The van der Waals surface area contributed by atoms with Gasteiger partial charge in [0.15, 0.2) is 0 Å². The summed E-state index contributed by atoms with van der Waals surface area (Å²) in [5.74, 6) is 4.35. The van der Waals surface area contributed by atoms with E-state index in [1.165, 1.54) is 31.4 Å². The second-order valence-electron chi connectivity index (χ2n) is 6.99. The molecule has 7 heteroatoms. The molecule has 0 heterocycles. The third kappa shape index (κ3) is 6.23. The fraction of sp³-hybridized carbons (Fsp3) is 0.273. The van der Waals surface area contributed by atoms with Crippen molar-refractivity contribution in [2.45, 2.75) is 26.4 Å². The van der Waals surface area contributed by atoms with Crippen LogP contribution in [0.3, 0.4) is 0 Å². The number of hydrogen-bond acceptors (Lipinski definition) is 4. The number of amides is 1. The first-order valence-corrected chi connectivity index (χ1v) is 9.12. The first kappa shape index (κ1) is 22.3. The maximum atomic E-state index is 14.3. The Labute approximate surface area is 174 Å². The van der Waals surface area contributed by atoms with Gasteiger partial charge >= 0.3 is 6.09 Å². The predicted molar refractivity (Wildman–Crippen MR) is 109 cm³/mol. The molecule has 2 rings (SSSR count). The molecule has 0 unspecified atom stereocenters. The standard InChI is InChI=1S/C22H21ClFNO4/c1-22(2,3)29-21(27)25-12-6-7-14-10-11-15(23)13-16(14)20(26)19-17(24)8-5-9-18(19)28-4/h5,8-11,13H,12H2,1-4H3,(H,25,27). The Morgan fingerprint density at radius 1 is 1.21 bits per heavy atom. The normalized spacial score (nSPS) is 10.6. The number of alkyl carbamates (subject to hydrolysis) is 1. The fourth-order valence-electron chi connectivity index (χ4n) is 2.41. The van der Waals surface area contributed by atoms with E-state index in [2.05, 4.69) is 17.2 Å². The number of benzene rings is 2. The molecule has 0 aromatic heterocycles. The smallest absolute Gasteiger partial charge is 0.408 e. The minimum Gasteiger partial charge on any atom is -0.496 e. The van der Waals surface area contributed by atoms with Crippen molar-refractivity contribution in [1.82, 2.24) is 5.32 Å². The zero-order valence-corrected chi connectivity index (χ0v) is 17.3. The summed E-state index contributed by atoms with van der Waals surface area (Å²) in [5, 5.41) is 2.81. The molecule has 1 amide bonds. The van der Waals surface area contributed by atoms with Crippen LogP contribution < -0.4 is 10.1 Å². The van der Waals surface area contributed by atoms with Crippen LogP contribution >= 0.6 is 11.6 Å². The summed E-state index contributed by atoms with van der Waals surface area (Å²) < 4.78 is 24.5. The summed E-state index contributed by atoms with van der Waals surface area (Å²) in [6.45, 7) is 5.26. The quantitative estimate of drug-likeness (QED) is 0.583. The number of nitrogens with one attached hydrogen (secondary N) is 1. The summed E-state index contributed by atoms with van der Waals surface area (Å²) >= 11 is 6.03. The molecule has 0 spiro atoms. The minimum atomic E-state index is -0.708. The number of ketones is 1.